The Morgan fingerprint density at radius 1 is 0.950 bits per heavy atom. The first kappa shape index (κ1) is 31.3. The molecular formula is C29H33Cl2N3O5S. The number of hydrogen-bond donors (Lipinski definition) is 1. The maximum absolute atomic E-state index is 14.0. The highest BCUT2D eigenvalue weighted by Crippen LogP contribution is 2.28. The molecule has 2 amide bonds. The molecule has 0 saturated carbocycles. The van der Waals surface area contributed by atoms with E-state index in [-0.39, 0.29) is 29.1 Å². The van der Waals surface area contributed by atoms with E-state index in [2.05, 4.69) is 5.32 Å². The second-order valence-corrected chi connectivity index (χ2v) is 12.1. The number of amides is 2. The van der Waals surface area contributed by atoms with Gasteiger partial charge in [-0.3, -0.25) is 13.9 Å². The van der Waals surface area contributed by atoms with Gasteiger partial charge in [-0.2, -0.15) is 0 Å². The first-order chi connectivity index (χ1) is 19.0. The summed E-state index contributed by atoms with van der Waals surface area (Å²) in [5.74, 6) is -0.424. The molecule has 0 spiro atoms. The Hall–Kier alpha value is -3.27. The molecule has 0 radical (unpaired) electrons. The van der Waals surface area contributed by atoms with Crippen LogP contribution in [0.5, 0.6) is 5.75 Å². The normalized spacial score (nSPS) is 12.1. The Morgan fingerprint density at radius 3 is 2.12 bits per heavy atom. The number of methoxy groups -OCH3 is 1. The van der Waals surface area contributed by atoms with E-state index in [0.29, 0.717) is 27.8 Å². The van der Waals surface area contributed by atoms with Crippen molar-refractivity contribution in [3.8, 4) is 5.75 Å². The number of nitrogens with zero attached hydrogens (tertiary/aromatic N) is 2. The number of rotatable bonds is 12. The maximum atomic E-state index is 14.0. The summed E-state index contributed by atoms with van der Waals surface area (Å²) in [6.45, 7) is 4.90. The van der Waals surface area contributed by atoms with E-state index in [4.69, 9.17) is 27.9 Å². The minimum Gasteiger partial charge on any atom is -0.497 e. The van der Waals surface area contributed by atoms with Crippen LogP contribution in [0.2, 0.25) is 10.0 Å². The molecule has 11 heteroatoms. The number of carbonyl (C=O) groups excluding carboxylic acids is 2. The summed E-state index contributed by atoms with van der Waals surface area (Å²) in [5, 5.41) is 3.70. The van der Waals surface area contributed by atoms with Crippen molar-refractivity contribution < 1.29 is 22.7 Å². The van der Waals surface area contributed by atoms with E-state index >= 15 is 0 Å². The van der Waals surface area contributed by atoms with Gasteiger partial charge in [-0.05, 0) is 80.4 Å². The summed E-state index contributed by atoms with van der Waals surface area (Å²) in [5.41, 5.74) is 0.871. The average molecular weight is 607 g/mol. The Labute approximate surface area is 245 Å². The Morgan fingerprint density at radius 2 is 1.57 bits per heavy atom. The summed E-state index contributed by atoms with van der Waals surface area (Å²) in [6, 6.07) is 18.0. The zero-order valence-electron chi connectivity index (χ0n) is 22.8. The monoisotopic (exact) mass is 605 g/mol. The Balaban J connectivity index is 2.07. The number of ether oxygens (including phenoxy) is 1. The van der Waals surface area contributed by atoms with E-state index in [1.54, 1.807) is 43.3 Å². The molecule has 0 fully saturated rings. The molecule has 0 aliphatic rings. The third-order valence-electron chi connectivity index (χ3n) is 6.16. The molecule has 40 heavy (non-hydrogen) atoms. The molecule has 1 atom stereocenters. The minimum atomic E-state index is -4.21. The lowest BCUT2D eigenvalue weighted by Gasteiger charge is -2.33. The lowest BCUT2D eigenvalue weighted by atomic mass is 10.1. The van der Waals surface area contributed by atoms with Crippen molar-refractivity contribution in [3.63, 3.8) is 0 Å². The van der Waals surface area contributed by atoms with E-state index in [0.717, 1.165) is 4.31 Å². The van der Waals surface area contributed by atoms with Gasteiger partial charge in [0.1, 0.15) is 18.3 Å². The zero-order chi connectivity index (χ0) is 29.4. The number of anilines is 1. The van der Waals surface area contributed by atoms with Gasteiger partial charge >= 0.3 is 0 Å². The lowest BCUT2D eigenvalue weighted by Crippen LogP contribution is -2.53. The van der Waals surface area contributed by atoms with Crippen LogP contribution in [0.3, 0.4) is 0 Å². The SMILES string of the molecule is CC[C@H](C(=O)NC(C)C)N(Cc1ccccc1Cl)C(=O)CN(c1ccc(Cl)cc1)S(=O)(=O)c1ccc(OC)cc1. The predicted octanol–water partition coefficient (Wildman–Crippen LogP) is 5.53. The number of benzene rings is 3. The summed E-state index contributed by atoms with van der Waals surface area (Å²) in [6.07, 6.45) is 0.306. The molecule has 0 saturated heterocycles. The fraction of sp³-hybridized carbons (Fsp3) is 0.310. The quantitative estimate of drug-likeness (QED) is 0.293. The van der Waals surface area contributed by atoms with Gasteiger partial charge < -0.3 is 15.0 Å². The van der Waals surface area contributed by atoms with Gasteiger partial charge in [-0.25, -0.2) is 8.42 Å². The van der Waals surface area contributed by atoms with Gasteiger partial charge in [-0.1, -0.05) is 48.3 Å². The van der Waals surface area contributed by atoms with Crippen molar-refractivity contribution in [1.82, 2.24) is 10.2 Å². The highest BCUT2D eigenvalue weighted by molar-refractivity contribution is 7.92. The van der Waals surface area contributed by atoms with Crippen molar-refractivity contribution >= 4 is 50.7 Å². The fourth-order valence-electron chi connectivity index (χ4n) is 4.12. The Kier molecular flexibility index (Phi) is 10.8. The second-order valence-electron chi connectivity index (χ2n) is 9.36. The smallest absolute Gasteiger partial charge is 0.264 e. The van der Waals surface area contributed by atoms with Crippen molar-refractivity contribution in [2.24, 2.45) is 0 Å². The van der Waals surface area contributed by atoms with Gasteiger partial charge in [0, 0.05) is 22.6 Å². The second kappa shape index (κ2) is 13.9. The number of sulfonamides is 1. The van der Waals surface area contributed by atoms with Gasteiger partial charge in [-0.15, -0.1) is 0 Å². The van der Waals surface area contributed by atoms with Crippen LogP contribution in [0, 0.1) is 0 Å². The van der Waals surface area contributed by atoms with Crippen molar-refractivity contribution in [2.75, 3.05) is 18.0 Å². The number of carbonyl (C=O) groups is 2. The van der Waals surface area contributed by atoms with Gasteiger partial charge in [0.2, 0.25) is 11.8 Å². The van der Waals surface area contributed by atoms with Crippen LogP contribution in [0.15, 0.2) is 77.7 Å². The highest BCUT2D eigenvalue weighted by Gasteiger charge is 2.34. The van der Waals surface area contributed by atoms with Crippen LogP contribution < -0.4 is 14.4 Å². The standard InChI is InChI=1S/C29H33Cl2N3O5S/c1-5-27(29(36)32-20(2)3)33(18-21-8-6-7-9-26(21)31)28(35)19-34(23-12-10-22(30)11-13-23)40(37,38)25-16-14-24(39-4)15-17-25/h6-17,20,27H,5,18-19H2,1-4H3,(H,32,36)/t27-/m1/s1. The maximum Gasteiger partial charge on any atom is 0.264 e. The molecule has 0 bridgehead atoms. The molecule has 1 N–H and O–H groups in total. The predicted molar refractivity (Wildman–Crippen MR) is 158 cm³/mol. The average Bonchev–Trinajstić information content (AvgIpc) is 2.92. The fourth-order valence-corrected chi connectivity index (χ4v) is 5.86. The van der Waals surface area contributed by atoms with Gasteiger partial charge in [0.25, 0.3) is 10.0 Å². The summed E-state index contributed by atoms with van der Waals surface area (Å²) in [7, 11) is -2.73. The largest absolute Gasteiger partial charge is 0.497 e. The third kappa shape index (κ3) is 7.68. The summed E-state index contributed by atoms with van der Waals surface area (Å²) < 4.78 is 33.9. The van der Waals surface area contributed by atoms with E-state index in [1.165, 1.54) is 48.4 Å². The molecule has 8 nitrogen and oxygen atoms in total. The van der Waals surface area contributed by atoms with E-state index in [1.807, 2.05) is 13.8 Å². The Bertz CT molecular complexity index is 1410. The van der Waals surface area contributed by atoms with E-state index in [9.17, 15) is 18.0 Å². The molecule has 3 aromatic rings. The molecule has 0 unspecified atom stereocenters. The lowest BCUT2D eigenvalue weighted by molar-refractivity contribution is -0.140. The van der Waals surface area contributed by atoms with Crippen LogP contribution in [-0.2, 0) is 26.2 Å². The van der Waals surface area contributed by atoms with Gasteiger partial charge in [0.05, 0.1) is 17.7 Å². The number of nitrogens with one attached hydrogen (secondary N) is 1. The highest BCUT2D eigenvalue weighted by atomic mass is 35.5. The van der Waals surface area contributed by atoms with Gasteiger partial charge in [0.15, 0.2) is 0 Å². The van der Waals surface area contributed by atoms with Crippen molar-refractivity contribution in [3.05, 3.63) is 88.4 Å². The zero-order valence-corrected chi connectivity index (χ0v) is 25.1. The summed E-state index contributed by atoms with van der Waals surface area (Å²) >= 11 is 12.5. The van der Waals surface area contributed by atoms with Crippen molar-refractivity contribution in [2.45, 2.75) is 50.7 Å². The van der Waals surface area contributed by atoms with Crippen LogP contribution in [0.4, 0.5) is 5.69 Å². The molecular weight excluding hydrogens is 573 g/mol. The van der Waals surface area contributed by atoms with Crippen LogP contribution in [0.25, 0.3) is 0 Å². The molecule has 0 aliphatic heterocycles. The molecule has 0 heterocycles. The molecule has 0 aliphatic carbocycles. The van der Waals surface area contributed by atoms with Crippen molar-refractivity contribution in [1.29, 1.82) is 0 Å². The third-order valence-corrected chi connectivity index (χ3v) is 8.57. The number of hydrogen-bond acceptors (Lipinski definition) is 5. The van der Waals surface area contributed by atoms with Crippen LogP contribution >= 0.6 is 23.2 Å². The van der Waals surface area contributed by atoms with Crippen LogP contribution in [0.1, 0.15) is 32.8 Å². The molecule has 3 rings (SSSR count). The molecule has 214 valence electrons. The van der Waals surface area contributed by atoms with E-state index < -0.39 is 28.5 Å². The topological polar surface area (TPSA) is 96.0 Å². The summed E-state index contributed by atoms with van der Waals surface area (Å²) in [4.78, 5) is 28.6. The first-order valence-corrected chi connectivity index (χ1v) is 14.9. The number of halogens is 2. The molecule has 0 aromatic heterocycles. The molecule has 3 aromatic carbocycles. The first-order valence-electron chi connectivity index (χ1n) is 12.7. The minimum absolute atomic E-state index is 0.0135. The van der Waals surface area contributed by atoms with Crippen LogP contribution in [-0.4, -0.2) is 50.9 Å².